The fourth-order valence-corrected chi connectivity index (χ4v) is 4.47. The molecule has 1 aliphatic rings. The van der Waals surface area contributed by atoms with Crippen molar-refractivity contribution >= 4 is 11.6 Å². The van der Waals surface area contributed by atoms with E-state index in [1.54, 1.807) is 16.8 Å². The van der Waals surface area contributed by atoms with Crippen LogP contribution in [0.4, 0.5) is 5.69 Å². The minimum atomic E-state index is -0.425. The van der Waals surface area contributed by atoms with Crippen molar-refractivity contribution in [3.63, 3.8) is 0 Å². The number of aromatic nitrogens is 2. The highest BCUT2D eigenvalue weighted by Crippen LogP contribution is 2.26. The van der Waals surface area contributed by atoms with E-state index in [0.29, 0.717) is 18.3 Å². The highest BCUT2D eigenvalue weighted by atomic mass is 16.6. The monoisotopic (exact) mass is 461 g/mol. The number of hydrogen-bond donors (Lipinski definition) is 1. The van der Waals surface area contributed by atoms with Crippen molar-refractivity contribution in [2.75, 3.05) is 19.6 Å². The molecule has 1 amide bonds. The van der Waals surface area contributed by atoms with E-state index in [4.69, 9.17) is 5.10 Å². The number of hydrogen-bond acceptors (Lipinski definition) is 5. The number of nitro groups is 1. The van der Waals surface area contributed by atoms with Gasteiger partial charge in [-0.1, -0.05) is 24.6 Å². The number of nitro benzene ring substituents is 1. The van der Waals surface area contributed by atoms with E-state index in [1.165, 1.54) is 31.4 Å². The molecule has 1 fully saturated rings. The first-order valence-corrected chi connectivity index (χ1v) is 11.9. The van der Waals surface area contributed by atoms with Crippen LogP contribution in [0.2, 0.25) is 0 Å². The number of piperidine rings is 1. The molecule has 178 valence electrons. The van der Waals surface area contributed by atoms with Crippen LogP contribution < -0.4 is 5.32 Å². The first-order chi connectivity index (χ1) is 16.5. The molecule has 34 heavy (non-hydrogen) atoms. The number of carbonyl (C=O) groups excluding carboxylic acids is 1. The SMILES string of the molecule is CC1CCCCN1CCCNC(=O)Cc1cn(-c2ccccc2)nc1-c1ccc([N+](=O)[O-])cc1. The average Bonchev–Trinajstić information content (AvgIpc) is 3.27. The first kappa shape index (κ1) is 23.6. The highest BCUT2D eigenvalue weighted by Gasteiger charge is 2.18. The first-order valence-electron chi connectivity index (χ1n) is 11.9. The van der Waals surface area contributed by atoms with Gasteiger partial charge in [0.25, 0.3) is 5.69 Å². The summed E-state index contributed by atoms with van der Waals surface area (Å²) in [4.78, 5) is 25.9. The van der Waals surface area contributed by atoms with Crippen LogP contribution in [-0.4, -0.2) is 51.2 Å². The molecule has 8 heteroatoms. The van der Waals surface area contributed by atoms with Gasteiger partial charge in [0.15, 0.2) is 0 Å². The molecular formula is C26H31N5O3. The van der Waals surface area contributed by atoms with E-state index >= 15 is 0 Å². The highest BCUT2D eigenvalue weighted by molar-refractivity contribution is 5.81. The van der Waals surface area contributed by atoms with Crippen LogP contribution in [0.25, 0.3) is 16.9 Å². The standard InChI is InChI=1S/C26H31N5O3/c1-20-8-5-6-16-29(20)17-7-15-27-25(32)18-22-19-30(23-9-3-2-4-10-23)28-26(22)21-11-13-24(14-12-21)31(33)34/h2-4,9-14,19-20H,5-8,15-18H2,1H3,(H,27,32). The number of non-ortho nitro benzene ring substituents is 1. The Labute approximate surface area is 199 Å². The molecule has 1 atom stereocenters. The largest absolute Gasteiger partial charge is 0.356 e. The van der Waals surface area contributed by atoms with Crippen LogP contribution in [0.1, 0.15) is 38.2 Å². The van der Waals surface area contributed by atoms with Gasteiger partial charge in [0.2, 0.25) is 5.91 Å². The van der Waals surface area contributed by atoms with Gasteiger partial charge in [0, 0.05) is 48.6 Å². The van der Waals surface area contributed by atoms with E-state index < -0.39 is 4.92 Å². The molecule has 1 unspecified atom stereocenters. The zero-order valence-electron chi connectivity index (χ0n) is 19.5. The second kappa shape index (κ2) is 11.1. The number of likely N-dealkylation sites (tertiary alicyclic amines) is 1. The smallest absolute Gasteiger partial charge is 0.269 e. The molecule has 0 radical (unpaired) electrons. The molecule has 0 spiro atoms. The van der Waals surface area contributed by atoms with Crippen molar-refractivity contribution in [1.82, 2.24) is 20.0 Å². The molecule has 2 heterocycles. The minimum Gasteiger partial charge on any atom is -0.356 e. The van der Waals surface area contributed by atoms with E-state index in [1.807, 2.05) is 36.5 Å². The van der Waals surface area contributed by atoms with Gasteiger partial charge in [0.1, 0.15) is 0 Å². The Balaban J connectivity index is 1.44. The van der Waals surface area contributed by atoms with Crippen molar-refractivity contribution in [2.24, 2.45) is 0 Å². The number of rotatable bonds is 9. The molecule has 1 aliphatic heterocycles. The summed E-state index contributed by atoms with van der Waals surface area (Å²) in [7, 11) is 0. The molecule has 8 nitrogen and oxygen atoms in total. The van der Waals surface area contributed by atoms with E-state index in [2.05, 4.69) is 17.1 Å². The summed E-state index contributed by atoms with van der Waals surface area (Å²) in [6, 6.07) is 16.6. The second-order valence-corrected chi connectivity index (χ2v) is 8.85. The summed E-state index contributed by atoms with van der Waals surface area (Å²) >= 11 is 0. The van der Waals surface area contributed by atoms with Gasteiger partial charge in [-0.05, 0) is 57.0 Å². The van der Waals surface area contributed by atoms with Gasteiger partial charge >= 0.3 is 0 Å². The normalized spacial score (nSPS) is 16.3. The fourth-order valence-electron chi connectivity index (χ4n) is 4.47. The minimum absolute atomic E-state index is 0.0218. The summed E-state index contributed by atoms with van der Waals surface area (Å²) in [5, 5.41) is 18.8. The number of nitrogens with zero attached hydrogens (tertiary/aromatic N) is 4. The second-order valence-electron chi connectivity index (χ2n) is 8.85. The third-order valence-corrected chi connectivity index (χ3v) is 6.40. The third-order valence-electron chi connectivity index (χ3n) is 6.40. The van der Waals surface area contributed by atoms with E-state index in [0.717, 1.165) is 36.3 Å². The third kappa shape index (κ3) is 5.88. The molecule has 0 aliphatic carbocycles. The molecular weight excluding hydrogens is 430 g/mol. The zero-order valence-corrected chi connectivity index (χ0v) is 19.5. The van der Waals surface area contributed by atoms with Crippen LogP contribution in [0.5, 0.6) is 0 Å². The maximum absolute atomic E-state index is 12.7. The van der Waals surface area contributed by atoms with E-state index in [-0.39, 0.29) is 18.0 Å². The molecule has 3 aromatic rings. The summed E-state index contributed by atoms with van der Waals surface area (Å²) in [5.41, 5.74) is 3.07. The summed E-state index contributed by atoms with van der Waals surface area (Å²) in [5.74, 6) is -0.0533. The van der Waals surface area contributed by atoms with Crippen molar-refractivity contribution in [1.29, 1.82) is 0 Å². The van der Waals surface area contributed by atoms with Gasteiger partial charge in [-0.25, -0.2) is 4.68 Å². The van der Waals surface area contributed by atoms with E-state index in [9.17, 15) is 14.9 Å². The molecule has 1 N–H and O–H groups in total. The summed E-state index contributed by atoms with van der Waals surface area (Å²) in [6.45, 7) is 5.07. The van der Waals surface area contributed by atoms with Crippen LogP contribution in [-0.2, 0) is 11.2 Å². The predicted octanol–water partition coefficient (Wildman–Crippen LogP) is 4.37. The molecule has 0 bridgehead atoms. The fraction of sp³-hybridized carbons (Fsp3) is 0.385. The van der Waals surface area contributed by atoms with Gasteiger partial charge in [-0.3, -0.25) is 14.9 Å². The Morgan fingerprint density at radius 2 is 1.91 bits per heavy atom. The quantitative estimate of drug-likeness (QED) is 0.290. The van der Waals surface area contributed by atoms with Gasteiger partial charge in [0.05, 0.1) is 22.7 Å². The molecule has 2 aromatic carbocycles. The number of benzene rings is 2. The topological polar surface area (TPSA) is 93.3 Å². The lowest BCUT2D eigenvalue weighted by molar-refractivity contribution is -0.384. The molecule has 4 rings (SSSR count). The number of para-hydroxylation sites is 1. The summed E-state index contributed by atoms with van der Waals surface area (Å²) < 4.78 is 1.75. The van der Waals surface area contributed by atoms with Gasteiger partial charge in [-0.2, -0.15) is 5.10 Å². The number of nitrogens with one attached hydrogen (secondary N) is 1. The van der Waals surface area contributed by atoms with Crippen LogP contribution in [0.15, 0.2) is 60.8 Å². The lowest BCUT2D eigenvalue weighted by Crippen LogP contribution is -2.39. The van der Waals surface area contributed by atoms with Crippen molar-refractivity contribution < 1.29 is 9.72 Å². The predicted molar refractivity (Wildman–Crippen MR) is 132 cm³/mol. The van der Waals surface area contributed by atoms with Crippen LogP contribution >= 0.6 is 0 Å². The number of carbonyl (C=O) groups is 1. The Morgan fingerprint density at radius 3 is 2.62 bits per heavy atom. The molecule has 0 saturated carbocycles. The Bertz CT molecular complexity index is 1110. The maximum atomic E-state index is 12.7. The van der Waals surface area contributed by atoms with Crippen molar-refractivity contribution in [2.45, 2.75) is 45.1 Å². The Kier molecular flexibility index (Phi) is 7.69. The van der Waals surface area contributed by atoms with Gasteiger partial charge in [-0.15, -0.1) is 0 Å². The van der Waals surface area contributed by atoms with Crippen LogP contribution in [0, 0.1) is 10.1 Å². The summed E-state index contributed by atoms with van der Waals surface area (Å²) in [6.07, 6.45) is 6.80. The van der Waals surface area contributed by atoms with Crippen LogP contribution in [0.3, 0.4) is 0 Å². The van der Waals surface area contributed by atoms with Gasteiger partial charge < -0.3 is 10.2 Å². The van der Waals surface area contributed by atoms with Crippen molar-refractivity contribution in [3.05, 3.63) is 76.5 Å². The van der Waals surface area contributed by atoms with Crippen molar-refractivity contribution in [3.8, 4) is 16.9 Å². The maximum Gasteiger partial charge on any atom is 0.269 e. The average molecular weight is 462 g/mol. The Hall–Kier alpha value is -3.52. The lowest BCUT2D eigenvalue weighted by atomic mass is 10.0. The molecule has 1 saturated heterocycles. The lowest BCUT2D eigenvalue weighted by Gasteiger charge is -2.33. The Morgan fingerprint density at radius 1 is 1.15 bits per heavy atom. The number of amides is 1. The zero-order chi connectivity index (χ0) is 23.9. The molecule has 1 aromatic heterocycles.